The van der Waals surface area contributed by atoms with Crippen molar-refractivity contribution in [3.8, 4) is 11.5 Å². The maximum absolute atomic E-state index is 6.24. The Kier molecular flexibility index (Phi) is 7.44. The molecule has 0 amide bonds. The summed E-state index contributed by atoms with van der Waals surface area (Å²) < 4.78 is 12.5. The van der Waals surface area contributed by atoms with Gasteiger partial charge >= 0.3 is 0 Å². The molecule has 0 aliphatic heterocycles. The number of methoxy groups -OCH3 is 1. The van der Waals surface area contributed by atoms with Gasteiger partial charge in [0.25, 0.3) is 0 Å². The zero-order valence-electron chi connectivity index (χ0n) is 16.3. The molecule has 3 aromatic rings. The van der Waals surface area contributed by atoms with Gasteiger partial charge in [-0.1, -0.05) is 47.0 Å². The van der Waals surface area contributed by atoms with Crippen molar-refractivity contribution in [3.63, 3.8) is 0 Å². The van der Waals surface area contributed by atoms with E-state index in [-0.39, 0.29) is 0 Å². The van der Waals surface area contributed by atoms with Crippen LogP contribution in [0.2, 0.25) is 10.0 Å². The quantitative estimate of drug-likeness (QED) is 0.239. The van der Waals surface area contributed by atoms with E-state index >= 15 is 0 Å². The van der Waals surface area contributed by atoms with Crippen LogP contribution in [0.1, 0.15) is 22.3 Å². The molecule has 3 nitrogen and oxygen atoms in total. The molecular formula is C23H20Cl2INO2. The molecule has 0 saturated heterocycles. The van der Waals surface area contributed by atoms with Crippen molar-refractivity contribution in [1.29, 1.82) is 0 Å². The van der Waals surface area contributed by atoms with E-state index in [1.165, 1.54) is 5.56 Å². The van der Waals surface area contributed by atoms with Crippen molar-refractivity contribution >= 4 is 57.7 Å². The van der Waals surface area contributed by atoms with Crippen LogP contribution in [0.5, 0.6) is 11.5 Å². The van der Waals surface area contributed by atoms with Gasteiger partial charge in [0.05, 0.1) is 16.4 Å². The fraction of sp³-hybridized carbons (Fsp3) is 0.174. The number of aryl methyl sites for hydroxylation is 2. The lowest BCUT2D eigenvalue weighted by Gasteiger charge is -2.14. The first-order chi connectivity index (χ1) is 13.9. The van der Waals surface area contributed by atoms with E-state index in [2.05, 4.69) is 53.6 Å². The highest BCUT2D eigenvalue weighted by atomic mass is 127. The molecule has 0 spiro atoms. The largest absolute Gasteiger partial charge is 0.493 e. The summed E-state index contributed by atoms with van der Waals surface area (Å²) in [6, 6.07) is 15.5. The van der Waals surface area contributed by atoms with E-state index in [1.54, 1.807) is 19.2 Å². The average molecular weight is 540 g/mol. The lowest BCUT2D eigenvalue weighted by Crippen LogP contribution is -2.01. The van der Waals surface area contributed by atoms with Gasteiger partial charge in [0.2, 0.25) is 0 Å². The summed E-state index contributed by atoms with van der Waals surface area (Å²) in [6.07, 6.45) is 1.84. The van der Waals surface area contributed by atoms with Crippen molar-refractivity contribution in [1.82, 2.24) is 0 Å². The number of aliphatic imine (C=N–C) groups is 1. The second kappa shape index (κ2) is 9.83. The smallest absolute Gasteiger partial charge is 0.174 e. The third-order valence-electron chi connectivity index (χ3n) is 4.34. The van der Waals surface area contributed by atoms with Crippen LogP contribution in [0, 0.1) is 17.4 Å². The number of benzene rings is 3. The highest BCUT2D eigenvalue weighted by Gasteiger charge is 2.12. The topological polar surface area (TPSA) is 30.8 Å². The van der Waals surface area contributed by atoms with E-state index in [9.17, 15) is 0 Å². The van der Waals surface area contributed by atoms with Gasteiger partial charge in [-0.25, -0.2) is 0 Å². The first-order valence-electron chi connectivity index (χ1n) is 8.93. The highest BCUT2D eigenvalue weighted by molar-refractivity contribution is 14.1. The minimum absolute atomic E-state index is 0.318. The van der Waals surface area contributed by atoms with E-state index in [0.29, 0.717) is 28.2 Å². The Bertz CT molecular complexity index is 1070. The van der Waals surface area contributed by atoms with E-state index < -0.39 is 0 Å². The van der Waals surface area contributed by atoms with Crippen molar-refractivity contribution in [2.45, 2.75) is 20.5 Å². The average Bonchev–Trinajstić information content (AvgIpc) is 2.67. The van der Waals surface area contributed by atoms with Crippen LogP contribution in [-0.2, 0) is 6.61 Å². The molecule has 0 aliphatic rings. The monoisotopic (exact) mass is 539 g/mol. The van der Waals surface area contributed by atoms with E-state index in [1.807, 2.05) is 30.5 Å². The number of halogens is 3. The first kappa shape index (κ1) is 21.9. The summed E-state index contributed by atoms with van der Waals surface area (Å²) in [5.74, 6) is 1.31. The number of hydrogen-bond donors (Lipinski definition) is 0. The lowest BCUT2D eigenvalue weighted by molar-refractivity contribution is 0.282. The summed E-state index contributed by atoms with van der Waals surface area (Å²) in [4.78, 5) is 4.62. The highest BCUT2D eigenvalue weighted by Crippen LogP contribution is 2.35. The molecule has 3 aromatic carbocycles. The van der Waals surface area contributed by atoms with Gasteiger partial charge in [0, 0.05) is 21.8 Å². The Morgan fingerprint density at radius 3 is 2.52 bits per heavy atom. The van der Waals surface area contributed by atoms with Gasteiger partial charge in [0.15, 0.2) is 11.5 Å². The minimum Gasteiger partial charge on any atom is -0.493 e. The summed E-state index contributed by atoms with van der Waals surface area (Å²) in [6.45, 7) is 4.45. The fourth-order valence-electron chi connectivity index (χ4n) is 2.84. The molecule has 0 aliphatic carbocycles. The molecule has 0 bridgehead atoms. The molecule has 0 heterocycles. The van der Waals surface area contributed by atoms with Gasteiger partial charge < -0.3 is 9.47 Å². The molecule has 0 fully saturated rings. The Morgan fingerprint density at radius 2 is 1.83 bits per heavy atom. The SMILES string of the molecule is COc1cc(C=Nc2ccc(C)cc2C)cc(I)c1OCc1ccc(Cl)cc1Cl. The van der Waals surface area contributed by atoms with Crippen LogP contribution >= 0.6 is 45.8 Å². The van der Waals surface area contributed by atoms with E-state index in [0.717, 1.165) is 25.9 Å². The molecule has 3 rings (SSSR count). The maximum atomic E-state index is 6.24. The second-order valence-corrected chi connectivity index (χ2v) is 8.61. The maximum Gasteiger partial charge on any atom is 0.174 e. The summed E-state index contributed by atoms with van der Waals surface area (Å²) in [7, 11) is 1.62. The Hall–Kier alpha value is -1.76. The lowest BCUT2D eigenvalue weighted by atomic mass is 10.1. The van der Waals surface area contributed by atoms with Crippen LogP contribution in [-0.4, -0.2) is 13.3 Å². The molecule has 0 saturated carbocycles. The summed E-state index contributed by atoms with van der Waals surface area (Å²) in [5, 5.41) is 1.17. The van der Waals surface area contributed by atoms with Crippen LogP contribution in [0.4, 0.5) is 5.69 Å². The van der Waals surface area contributed by atoms with Gasteiger partial charge in [-0.15, -0.1) is 0 Å². The molecule has 6 heteroatoms. The minimum atomic E-state index is 0.318. The Balaban J connectivity index is 1.82. The van der Waals surface area contributed by atoms with Gasteiger partial charge in [-0.05, 0) is 77.9 Å². The van der Waals surface area contributed by atoms with Gasteiger partial charge in [0.1, 0.15) is 6.61 Å². The Morgan fingerprint density at radius 1 is 1.03 bits per heavy atom. The predicted octanol–water partition coefficient (Wildman–Crippen LogP) is 7.55. The van der Waals surface area contributed by atoms with Crippen molar-refractivity contribution in [2.75, 3.05) is 7.11 Å². The van der Waals surface area contributed by atoms with Crippen molar-refractivity contribution < 1.29 is 9.47 Å². The Labute approximate surface area is 194 Å². The zero-order valence-corrected chi connectivity index (χ0v) is 20.0. The second-order valence-electron chi connectivity index (χ2n) is 6.61. The molecule has 0 N–H and O–H groups in total. The number of ether oxygens (including phenoxy) is 2. The van der Waals surface area contributed by atoms with Crippen LogP contribution < -0.4 is 9.47 Å². The normalized spacial score (nSPS) is 11.1. The number of hydrogen-bond acceptors (Lipinski definition) is 3. The first-order valence-corrected chi connectivity index (χ1v) is 10.8. The summed E-state index contributed by atoms with van der Waals surface area (Å²) in [5.41, 5.74) is 5.10. The third kappa shape index (κ3) is 5.65. The van der Waals surface area contributed by atoms with Crippen LogP contribution in [0.25, 0.3) is 0 Å². The van der Waals surface area contributed by atoms with Gasteiger partial charge in [-0.3, -0.25) is 4.99 Å². The van der Waals surface area contributed by atoms with Crippen molar-refractivity contribution in [2.24, 2.45) is 4.99 Å². The van der Waals surface area contributed by atoms with Crippen molar-refractivity contribution in [3.05, 3.63) is 84.4 Å². The van der Waals surface area contributed by atoms with Gasteiger partial charge in [-0.2, -0.15) is 0 Å². The summed E-state index contributed by atoms with van der Waals surface area (Å²) >= 11 is 14.4. The molecule has 0 unspecified atom stereocenters. The van der Waals surface area contributed by atoms with Crippen LogP contribution in [0.3, 0.4) is 0 Å². The third-order valence-corrected chi connectivity index (χ3v) is 5.73. The standard InChI is InChI=1S/C23H20Cl2INO2/c1-14-4-7-21(15(2)8-14)27-12-16-9-20(26)23(22(10-16)28-3)29-13-17-5-6-18(24)11-19(17)25/h4-12H,13H2,1-3H3. The molecule has 0 aromatic heterocycles. The molecule has 0 radical (unpaired) electrons. The van der Waals surface area contributed by atoms with E-state index in [4.69, 9.17) is 32.7 Å². The predicted molar refractivity (Wildman–Crippen MR) is 130 cm³/mol. The number of rotatable bonds is 6. The molecule has 29 heavy (non-hydrogen) atoms. The molecule has 150 valence electrons. The molecule has 0 atom stereocenters. The fourth-order valence-corrected chi connectivity index (χ4v) is 4.08. The number of nitrogens with zero attached hydrogens (tertiary/aromatic N) is 1. The van der Waals surface area contributed by atoms with Crippen LogP contribution in [0.15, 0.2) is 53.5 Å². The zero-order chi connectivity index (χ0) is 21.0. The molecular weight excluding hydrogens is 520 g/mol.